The van der Waals surface area contributed by atoms with Crippen LogP contribution < -0.4 is 5.32 Å². The maximum absolute atomic E-state index is 3.86. The molecule has 1 aliphatic heterocycles. The summed E-state index contributed by atoms with van der Waals surface area (Å²) in [5, 5.41) is 2.48. The first kappa shape index (κ1) is 10.4. The van der Waals surface area contributed by atoms with Crippen LogP contribution in [0.4, 0.5) is 0 Å². The summed E-state index contributed by atoms with van der Waals surface area (Å²) in [7, 11) is 0. The molecule has 1 aromatic rings. The van der Waals surface area contributed by atoms with Crippen LogP contribution in [-0.2, 0) is 6.42 Å². The topological polar surface area (TPSA) is 16.6 Å². The third-order valence-electron chi connectivity index (χ3n) is 3.17. The zero-order valence-electron chi connectivity index (χ0n) is 9.66. The van der Waals surface area contributed by atoms with Gasteiger partial charge in [0.1, 0.15) is 6.04 Å². The van der Waals surface area contributed by atoms with Crippen LogP contribution >= 0.6 is 0 Å². The van der Waals surface area contributed by atoms with Gasteiger partial charge >= 0.3 is 0 Å². The van der Waals surface area contributed by atoms with E-state index in [1.165, 1.54) is 11.1 Å². The number of fused-ring (bicyclic) bond motifs is 1. The van der Waals surface area contributed by atoms with Gasteiger partial charge in [-0.15, -0.1) is 6.58 Å². The molecule has 2 rings (SSSR count). The molecule has 0 unspecified atom stereocenters. The van der Waals surface area contributed by atoms with Crippen molar-refractivity contribution in [2.24, 2.45) is 0 Å². The van der Waals surface area contributed by atoms with Crippen LogP contribution in [0.3, 0.4) is 0 Å². The molecule has 1 aliphatic rings. The highest BCUT2D eigenvalue weighted by Crippen LogP contribution is 2.26. The molecule has 80 valence electrons. The van der Waals surface area contributed by atoms with Gasteiger partial charge in [0.05, 0.1) is 5.54 Å². The first-order valence-corrected chi connectivity index (χ1v) is 5.67. The molecule has 0 saturated carbocycles. The van der Waals surface area contributed by atoms with Crippen molar-refractivity contribution >= 4 is 0 Å². The van der Waals surface area contributed by atoms with Crippen LogP contribution in [0.2, 0.25) is 0 Å². The Bertz CT molecular complexity index is 365. The normalized spacial score (nSPS) is 23.2. The molecule has 15 heavy (non-hydrogen) atoms. The van der Waals surface area contributed by atoms with E-state index < -0.39 is 0 Å². The lowest BCUT2D eigenvalue weighted by molar-refractivity contribution is -0.760. The van der Waals surface area contributed by atoms with Crippen LogP contribution in [0.15, 0.2) is 36.9 Å². The van der Waals surface area contributed by atoms with Gasteiger partial charge < -0.3 is 5.32 Å². The van der Waals surface area contributed by atoms with E-state index in [-0.39, 0.29) is 0 Å². The fraction of sp³-hybridized carbons (Fsp3) is 0.429. The molecule has 0 amide bonds. The van der Waals surface area contributed by atoms with E-state index in [0.717, 1.165) is 12.8 Å². The van der Waals surface area contributed by atoms with Gasteiger partial charge in [-0.25, -0.2) is 0 Å². The van der Waals surface area contributed by atoms with Crippen LogP contribution in [0.1, 0.15) is 37.4 Å². The molecule has 0 aliphatic carbocycles. The highest BCUT2D eigenvalue weighted by molar-refractivity contribution is 5.31. The minimum Gasteiger partial charge on any atom is -0.335 e. The summed E-state index contributed by atoms with van der Waals surface area (Å²) < 4.78 is 0. The largest absolute Gasteiger partial charge is 0.335 e. The van der Waals surface area contributed by atoms with Crippen LogP contribution in [0.25, 0.3) is 0 Å². The predicted octanol–water partition coefficient (Wildman–Crippen LogP) is 2.20. The van der Waals surface area contributed by atoms with Gasteiger partial charge in [0, 0.05) is 18.4 Å². The van der Waals surface area contributed by atoms with Crippen molar-refractivity contribution < 1.29 is 5.32 Å². The van der Waals surface area contributed by atoms with Gasteiger partial charge in [-0.2, -0.15) is 0 Å². The summed E-state index contributed by atoms with van der Waals surface area (Å²) in [5.74, 6) is 0. The van der Waals surface area contributed by atoms with Crippen LogP contribution in [0, 0.1) is 0 Å². The molecule has 0 saturated heterocycles. The molecule has 1 aromatic carbocycles. The van der Waals surface area contributed by atoms with Crippen molar-refractivity contribution in [3.05, 3.63) is 48.0 Å². The fourth-order valence-corrected chi connectivity index (χ4v) is 2.62. The molecular weight excluding hydrogens is 182 g/mol. The fourth-order valence-electron chi connectivity index (χ4n) is 2.62. The predicted molar refractivity (Wildman–Crippen MR) is 63.7 cm³/mol. The van der Waals surface area contributed by atoms with Gasteiger partial charge in [-0.3, -0.25) is 0 Å². The Hall–Kier alpha value is -1.08. The van der Waals surface area contributed by atoms with Crippen molar-refractivity contribution in [1.29, 1.82) is 0 Å². The van der Waals surface area contributed by atoms with E-state index in [4.69, 9.17) is 0 Å². The Labute approximate surface area is 92.2 Å². The van der Waals surface area contributed by atoms with E-state index in [1.807, 2.05) is 6.08 Å². The average molecular weight is 202 g/mol. The van der Waals surface area contributed by atoms with E-state index in [1.54, 1.807) is 0 Å². The second-order valence-electron chi connectivity index (χ2n) is 5.16. The lowest BCUT2D eigenvalue weighted by Gasteiger charge is -2.35. The number of nitrogens with two attached hydrogens (primary N) is 1. The summed E-state index contributed by atoms with van der Waals surface area (Å²) in [6.45, 7) is 8.49. The quantitative estimate of drug-likeness (QED) is 0.708. The lowest BCUT2D eigenvalue weighted by atomic mass is 9.83. The highest BCUT2D eigenvalue weighted by Gasteiger charge is 2.33. The van der Waals surface area contributed by atoms with Gasteiger partial charge in [0.2, 0.25) is 0 Å². The van der Waals surface area contributed by atoms with Crippen LogP contribution in [-0.4, -0.2) is 5.54 Å². The van der Waals surface area contributed by atoms with Crippen molar-refractivity contribution in [2.45, 2.75) is 38.3 Å². The molecule has 0 bridgehead atoms. The van der Waals surface area contributed by atoms with E-state index in [0.29, 0.717) is 11.6 Å². The average Bonchev–Trinajstić information content (AvgIpc) is 2.16. The molecular formula is C14H20N+. The van der Waals surface area contributed by atoms with Crippen LogP contribution in [0.5, 0.6) is 0 Å². The number of benzene rings is 1. The first-order chi connectivity index (χ1) is 7.12. The molecule has 1 atom stereocenters. The SMILES string of the molecule is C=CC[C@H]1[NH2+]C(C)(C)Cc2ccccc21. The lowest BCUT2D eigenvalue weighted by Crippen LogP contribution is -2.97. The second kappa shape index (κ2) is 3.82. The number of quaternary nitrogens is 1. The van der Waals surface area contributed by atoms with E-state index in [2.05, 4.69) is 50.0 Å². The Morgan fingerprint density at radius 2 is 2.20 bits per heavy atom. The summed E-state index contributed by atoms with van der Waals surface area (Å²) in [6, 6.07) is 9.37. The van der Waals surface area contributed by atoms with Gasteiger partial charge in [0.15, 0.2) is 0 Å². The smallest absolute Gasteiger partial charge is 0.116 e. The number of hydrogen-bond acceptors (Lipinski definition) is 0. The Morgan fingerprint density at radius 1 is 1.47 bits per heavy atom. The van der Waals surface area contributed by atoms with Gasteiger partial charge in [-0.1, -0.05) is 30.3 Å². The monoisotopic (exact) mass is 202 g/mol. The minimum absolute atomic E-state index is 0.321. The van der Waals surface area contributed by atoms with Gasteiger partial charge in [-0.05, 0) is 19.4 Å². The highest BCUT2D eigenvalue weighted by atomic mass is 15.0. The Kier molecular flexibility index (Phi) is 2.66. The Morgan fingerprint density at radius 3 is 2.93 bits per heavy atom. The summed E-state index contributed by atoms with van der Waals surface area (Å²) >= 11 is 0. The molecule has 0 spiro atoms. The van der Waals surface area contributed by atoms with Crippen molar-refractivity contribution in [3.63, 3.8) is 0 Å². The van der Waals surface area contributed by atoms with Gasteiger partial charge in [0.25, 0.3) is 0 Å². The molecule has 0 radical (unpaired) electrons. The van der Waals surface area contributed by atoms with Crippen molar-refractivity contribution in [1.82, 2.24) is 0 Å². The first-order valence-electron chi connectivity index (χ1n) is 5.67. The molecule has 1 nitrogen and oxygen atoms in total. The molecule has 1 heteroatoms. The standard InChI is InChI=1S/C14H19N/c1-4-7-13-12-9-6-5-8-11(12)10-14(2,3)15-13/h4-6,8-9,13,15H,1,7,10H2,2-3H3/p+1/t13-/m1/s1. The summed E-state index contributed by atoms with van der Waals surface area (Å²) in [6.07, 6.45) is 4.25. The zero-order valence-corrected chi connectivity index (χ0v) is 9.66. The number of rotatable bonds is 2. The number of hydrogen-bond donors (Lipinski definition) is 1. The molecule has 2 N–H and O–H groups in total. The second-order valence-corrected chi connectivity index (χ2v) is 5.16. The third-order valence-corrected chi connectivity index (χ3v) is 3.17. The van der Waals surface area contributed by atoms with E-state index in [9.17, 15) is 0 Å². The van der Waals surface area contributed by atoms with E-state index >= 15 is 0 Å². The molecule has 0 aromatic heterocycles. The summed E-state index contributed by atoms with van der Waals surface area (Å²) in [4.78, 5) is 0. The maximum atomic E-state index is 3.86. The minimum atomic E-state index is 0.321. The maximum Gasteiger partial charge on any atom is 0.116 e. The molecule has 1 heterocycles. The summed E-state index contributed by atoms with van der Waals surface area (Å²) in [5.41, 5.74) is 3.33. The third kappa shape index (κ3) is 2.13. The zero-order chi connectivity index (χ0) is 10.9. The van der Waals surface area contributed by atoms with Crippen molar-refractivity contribution in [3.8, 4) is 0 Å². The Balaban J connectivity index is 2.38. The van der Waals surface area contributed by atoms with Crippen molar-refractivity contribution in [2.75, 3.05) is 0 Å². The molecule has 0 fully saturated rings.